The maximum absolute atomic E-state index is 13.5. The van der Waals surface area contributed by atoms with Crippen molar-refractivity contribution in [2.24, 2.45) is 11.8 Å². The summed E-state index contributed by atoms with van der Waals surface area (Å²) in [4.78, 5) is 18.2. The molecular weight excluding hydrogens is 416 g/mol. The summed E-state index contributed by atoms with van der Waals surface area (Å²) in [5.41, 5.74) is 6.02. The number of carbonyl (C=O) groups excluding carboxylic acids is 1. The van der Waals surface area contributed by atoms with Crippen molar-refractivity contribution in [3.63, 3.8) is 0 Å². The van der Waals surface area contributed by atoms with Crippen molar-refractivity contribution in [3.05, 3.63) is 107 Å². The van der Waals surface area contributed by atoms with Crippen LogP contribution in [0.4, 0.5) is 0 Å². The van der Waals surface area contributed by atoms with Crippen LogP contribution in [-0.2, 0) is 6.54 Å². The van der Waals surface area contributed by atoms with Crippen molar-refractivity contribution >= 4 is 5.91 Å². The van der Waals surface area contributed by atoms with Crippen molar-refractivity contribution < 1.29 is 4.79 Å². The topological polar surface area (TPSA) is 23.6 Å². The van der Waals surface area contributed by atoms with Crippen LogP contribution in [0.2, 0.25) is 0 Å². The average Bonchev–Trinajstić information content (AvgIpc) is 3.21. The van der Waals surface area contributed by atoms with Gasteiger partial charge < -0.3 is 4.90 Å². The van der Waals surface area contributed by atoms with Crippen LogP contribution in [0.3, 0.4) is 0 Å². The molecule has 34 heavy (non-hydrogen) atoms. The van der Waals surface area contributed by atoms with Crippen molar-refractivity contribution in [2.45, 2.75) is 40.2 Å². The summed E-state index contributed by atoms with van der Waals surface area (Å²) < 4.78 is 0. The Morgan fingerprint density at radius 2 is 1.65 bits per heavy atom. The number of likely N-dealkylation sites (tertiary alicyclic amines) is 1. The van der Waals surface area contributed by atoms with Gasteiger partial charge in [0, 0.05) is 44.2 Å². The first kappa shape index (κ1) is 24.2. The van der Waals surface area contributed by atoms with E-state index in [1.54, 1.807) is 0 Å². The lowest BCUT2D eigenvalue weighted by atomic mass is 9.88. The van der Waals surface area contributed by atoms with Crippen molar-refractivity contribution in [1.82, 2.24) is 9.80 Å². The summed E-state index contributed by atoms with van der Waals surface area (Å²) in [6, 6.07) is 27.7. The van der Waals surface area contributed by atoms with Gasteiger partial charge >= 0.3 is 0 Å². The number of aryl methyl sites for hydroxylation is 2. The molecule has 1 saturated heterocycles. The molecule has 0 spiro atoms. The highest BCUT2D eigenvalue weighted by Crippen LogP contribution is 2.34. The maximum Gasteiger partial charge on any atom is 0.253 e. The Kier molecular flexibility index (Phi) is 7.84. The fourth-order valence-corrected chi connectivity index (χ4v) is 5.26. The predicted octanol–water partition coefficient (Wildman–Crippen LogP) is 6.32. The lowest BCUT2D eigenvalue weighted by Crippen LogP contribution is -2.39. The van der Waals surface area contributed by atoms with Gasteiger partial charge in [0.15, 0.2) is 0 Å². The zero-order chi connectivity index (χ0) is 24.1. The van der Waals surface area contributed by atoms with E-state index in [-0.39, 0.29) is 5.91 Å². The Hall–Kier alpha value is -2.91. The van der Waals surface area contributed by atoms with Crippen LogP contribution in [-0.4, -0.2) is 41.9 Å². The first-order chi connectivity index (χ1) is 16.4. The van der Waals surface area contributed by atoms with E-state index in [1.807, 2.05) is 24.3 Å². The number of benzene rings is 3. The molecule has 0 radical (unpaired) electrons. The monoisotopic (exact) mass is 454 g/mol. The van der Waals surface area contributed by atoms with Gasteiger partial charge in [-0.1, -0.05) is 91.7 Å². The average molecular weight is 455 g/mol. The van der Waals surface area contributed by atoms with Gasteiger partial charge in [-0.2, -0.15) is 0 Å². The molecule has 3 nitrogen and oxygen atoms in total. The van der Waals surface area contributed by atoms with Gasteiger partial charge in [-0.15, -0.1) is 0 Å². The molecule has 0 bridgehead atoms. The summed E-state index contributed by atoms with van der Waals surface area (Å²) in [6.07, 6.45) is 0. The molecule has 0 unspecified atom stereocenters. The Morgan fingerprint density at radius 1 is 0.912 bits per heavy atom. The van der Waals surface area contributed by atoms with Crippen molar-refractivity contribution in [1.29, 1.82) is 0 Å². The zero-order valence-electron chi connectivity index (χ0n) is 21.1. The second-order valence-electron chi connectivity index (χ2n) is 10.4. The smallest absolute Gasteiger partial charge is 0.253 e. The second kappa shape index (κ2) is 11.0. The van der Waals surface area contributed by atoms with Crippen molar-refractivity contribution in [2.75, 3.05) is 26.2 Å². The highest BCUT2D eigenvalue weighted by atomic mass is 16.2. The first-order valence-corrected chi connectivity index (χ1v) is 12.6. The fourth-order valence-electron chi connectivity index (χ4n) is 5.26. The number of nitrogens with zero attached hydrogens (tertiary/aromatic N) is 2. The van der Waals surface area contributed by atoms with Crippen molar-refractivity contribution in [3.8, 4) is 0 Å². The Morgan fingerprint density at radius 3 is 2.32 bits per heavy atom. The van der Waals surface area contributed by atoms with E-state index in [9.17, 15) is 4.79 Å². The minimum Gasteiger partial charge on any atom is -0.338 e. The van der Waals surface area contributed by atoms with E-state index in [4.69, 9.17) is 0 Å². The summed E-state index contributed by atoms with van der Waals surface area (Å²) in [7, 11) is 0. The van der Waals surface area contributed by atoms with E-state index >= 15 is 0 Å². The summed E-state index contributed by atoms with van der Waals surface area (Å²) in [5.74, 6) is 1.40. The molecule has 3 aromatic carbocycles. The SMILES string of the molecule is Cc1ccc(C(=O)N(CC(C)C)C[C@H]2CN(Cc3cccc(C)c3)C[C@H]2c2ccccc2)cc1. The normalized spacial score (nSPS) is 18.4. The Bertz CT molecular complexity index is 1070. The third-order valence-electron chi connectivity index (χ3n) is 6.86. The zero-order valence-corrected chi connectivity index (χ0v) is 21.1. The molecular formula is C31H38N2O. The minimum absolute atomic E-state index is 0.151. The van der Waals surface area contributed by atoms with Gasteiger partial charge in [0.25, 0.3) is 5.91 Å². The first-order valence-electron chi connectivity index (χ1n) is 12.6. The molecule has 0 aromatic heterocycles. The molecule has 178 valence electrons. The Balaban J connectivity index is 1.56. The van der Waals surface area contributed by atoms with Crippen LogP contribution in [0.25, 0.3) is 0 Å². The summed E-state index contributed by atoms with van der Waals surface area (Å²) in [5, 5.41) is 0. The highest BCUT2D eigenvalue weighted by Gasteiger charge is 2.36. The van der Waals surface area contributed by atoms with Gasteiger partial charge in [-0.25, -0.2) is 0 Å². The van der Waals surface area contributed by atoms with Gasteiger partial charge in [0.1, 0.15) is 0 Å². The second-order valence-corrected chi connectivity index (χ2v) is 10.4. The lowest BCUT2D eigenvalue weighted by Gasteiger charge is -2.30. The van der Waals surface area contributed by atoms with E-state index in [0.29, 0.717) is 17.8 Å². The molecule has 0 N–H and O–H groups in total. The minimum atomic E-state index is 0.151. The third-order valence-corrected chi connectivity index (χ3v) is 6.86. The Labute approximate surface area is 205 Å². The molecule has 1 heterocycles. The maximum atomic E-state index is 13.5. The molecule has 2 atom stereocenters. The van der Waals surface area contributed by atoms with Gasteiger partial charge in [-0.05, 0) is 48.9 Å². The quantitative estimate of drug-likeness (QED) is 0.398. The number of amides is 1. The predicted molar refractivity (Wildman–Crippen MR) is 141 cm³/mol. The third kappa shape index (κ3) is 6.15. The molecule has 4 rings (SSSR count). The van der Waals surface area contributed by atoms with Crippen LogP contribution in [0.5, 0.6) is 0 Å². The lowest BCUT2D eigenvalue weighted by molar-refractivity contribution is 0.0703. The number of rotatable bonds is 8. The van der Waals surface area contributed by atoms with Gasteiger partial charge in [0.05, 0.1) is 0 Å². The van der Waals surface area contributed by atoms with E-state index in [1.165, 1.54) is 22.3 Å². The molecule has 3 heteroatoms. The van der Waals surface area contributed by atoms with Crippen LogP contribution in [0.1, 0.15) is 52.4 Å². The molecule has 1 aliphatic rings. The molecule has 3 aromatic rings. The van der Waals surface area contributed by atoms with E-state index in [2.05, 4.69) is 92.1 Å². The van der Waals surface area contributed by atoms with E-state index in [0.717, 1.165) is 38.3 Å². The largest absolute Gasteiger partial charge is 0.338 e. The van der Waals surface area contributed by atoms with E-state index < -0.39 is 0 Å². The molecule has 1 fully saturated rings. The van der Waals surface area contributed by atoms with Gasteiger partial charge in [-0.3, -0.25) is 9.69 Å². The molecule has 1 aliphatic heterocycles. The fraction of sp³-hybridized carbons (Fsp3) is 0.387. The van der Waals surface area contributed by atoms with Crippen LogP contribution in [0, 0.1) is 25.7 Å². The number of hydrogen-bond acceptors (Lipinski definition) is 2. The molecule has 0 saturated carbocycles. The molecule has 1 amide bonds. The van der Waals surface area contributed by atoms with Gasteiger partial charge in [0.2, 0.25) is 0 Å². The van der Waals surface area contributed by atoms with Crippen LogP contribution >= 0.6 is 0 Å². The standard InChI is InChI=1S/C31H38N2O/c1-23(2)18-33(31(34)28-15-13-24(3)14-16-28)21-29-20-32(19-26-10-8-9-25(4)17-26)22-30(29)27-11-6-5-7-12-27/h5-17,23,29-30H,18-22H2,1-4H3/t29-,30+/m1/s1. The summed E-state index contributed by atoms with van der Waals surface area (Å²) >= 11 is 0. The molecule has 0 aliphatic carbocycles. The number of hydrogen-bond donors (Lipinski definition) is 0. The highest BCUT2D eigenvalue weighted by molar-refractivity contribution is 5.94. The summed E-state index contributed by atoms with van der Waals surface area (Å²) in [6.45, 7) is 13.2. The van der Waals surface area contributed by atoms with Crippen LogP contribution in [0.15, 0.2) is 78.9 Å². The number of carbonyl (C=O) groups is 1. The van der Waals surface area contributed by atoms with Crippen LogP contribution < -0.4 is 0 Å².